The van der Waals surface area contributed by atoms with Crippen molar-refractivity contribution >= 4 is 5.97 Å². The van der Waals surface area contributed by atoms with Crippen molar-refractivity contribution in [3.8, 4) is 0 Å². The molecule has 3 saturated carbocycles. The zero-order valence-electron chi connectivity index (χ0n) is 9.44. The smallest absolute Gasteiger partial charge is 0.306 e. The van der Waals surface area contributed by atoms with Crippen molar-refractivity contribution in [1.29, 1.82) is 0 Å². The molecule has 1 atom stereocenters. The predicted molar refractivity (Wildman–Crippen MR) is 61.2 cm³/mol. The highest BCUT2D eigenvalue weighted by Crippen LogP contribution is 2.76. The van der Waals surface area contributed by atoms with Gasteiger partial charge in [-0.2, -0.15) is 0 Å². The Labute approximate surface area is 95.3 Å². The van der Waals surface area contributed by atoms with E-state index in [2.05, 4.69) is 24.3 Å². The van der Waals surface area contributed by atoms with Crippen molar-refractivity contribution in [2.45, 2.75) is 31.6 Å². The summed E-state index contributed by atoms with van der Waals surface area (Å²) in [6.45, 7) is 1.86. The molecule has 3 aliphatic carbocycles. The first-order valence-corrected chi connectivity index (χ1v) is 5.86. The summed E-state index contributed by atoms with van der Waals surface area (Å²) in [5.74, 6) is -0.820. The van der Waals surface area contributed by atoms with E-state index in [0.29, 0.717) is 5.41 Å². The fourth-order valence-electron chi connectivity index (χ4n) is 3.69. The molecule has 1 aromatic carbocycles. The SMILES string of the molecule is C[C@@H](C(=O)O)C12CC(c3ccccc3)(C1)C2. The summed E-state index contributed by atoms with van der Waals surface area (Å²) in [7, 11) is 0. The lowest BCUT2D eigenvalue weighted by atomic mass is 9.31. The molecule has 3 aliphatic rings. The monoisotopic (exact) mass is 216 g/mol. The number of carboxylic acids is 1. The Bertz CT molecular complexity index is 416. The van der Waals surface area contributed by atoms with Crippen LogP contribution in [0.1, 0.15) is 31.7 Å². The van der Waals surface area contributed by atoms with Crippen molar-refractivity contribution in [2.24, 2.45) is 11.3 Å². The number of rotatable bonds is 3. The van der Waals surface area contributed by atoms with Crippen molar-refractivity contribution in [3.63, 3.8) is 0 Å². The first-order chi connectivity index (χ1) is 7.58. The second-order valence-electron chi connectivity index (χ2n) is 5.60. The third-order valence-electron chi connectivity index (χ3n) is 4.75. The zero-order chi connectivity index (χ0) is 11.4. The second kappa shape index (κ2) is 2.88. The highest BCUT2D eigenvalue weighted by Gasteiger charge is 2.70. The summed E-state index contributed by atoms with van der Waals surface area (Å²) in [6.07, 6.45) is 3.20. The van der Waals surface area contributed by atoms with Crippen LogP contribution < -0.4 is 0 Å². The minimum atomic E-state index is -0.638. The zero-order valence-corrected chi connectivity index (χ0v) is 9.44. The quantitative estimate of drug-likeness (QED) is 0.843. The lowest BCUT2D eigenvalue weighted by molar-refractivity contribution is -0.193. The molecule has 0 spiro atoms. The highest BCUT2D eigenvalue weighted by molar-refractivity contribution is 5.72. The van der Waals surface area contributed by atoms with Gasteiger partial charge in [0, 0.05) is 0 Å². The topological polar surface area (TPSA) is 37.3 Å². The summed E-state index contributed by atoms with van der Waals surface area (Å²) in [4.78, 5) is 11.0. The van der Waals surface area contributed by atoms with Crippen LogP contribution >= 0.6 is 0 Å². The Morgan fingerprint density at radius 2 is 1.81 bits per heavy atom. The van der Waals surface area contributed by atoms with E-state index in [9.17, 15) is 4.79 Å². The van der Waals surface area contributed by atoms with Gasteiger partial charge in [-0.15, -0.1) is 0 Å². The van der Waals surface area contributed by atoms with Crippen molar-refractivity contribution < 1.29 is 9.90 Å². The fourth-order valence-corrected chi connectivity index (χ4v) is 3.69. The molecule has 0 aliphatic heterocycles. The van der Waals surface area contributed by atoms with Gasteiger partial charge in [-0.05, 0) is 35.7 Å². The van der Waals surface area contributed by atoms with Gasteiger partial charge in [0.15, 0.2) is 0 Å². The van der Waals surface area contributed by atoms with Gasteiger partial charge in [0.25, 0.3) is 0 Å². The molecule has 0 radical (unpaired) electrons. The molecule has 4 rings (SSSR count). The summed E-state index contributed by atoms with van der Waals surface area (Å²) in [6, 6.07) is 10.5. The molecule has 2 nitrogen and oxygen atoms in total. The van der Waals surface area contributed by atoms with Crippen LogP contribution in [0.2, 0.25) is 0 Å². The maximum absolute atomic E-state index is 11.0. The van der Waals surface area contributed by atoms with Gasteiger partial charge in [-0.25, -0.2) is 0 Å². The van der Waals surface area contributed by atoms with Crippen LogP contribution in [0.3, 0.4) is 0 Å². The number of hydrogen-bond donors (Lipinski definition) is 1. The van der Waals surface area contributed by atoms with Crippen LogP contribution in [-0.2, 0) is 10.2 Å². The number of hydrogen-bond acceptors (Lipinski definition) is 1. The van der Waals surface area contributed by atoms with Crippen LogP contribution in [0, 0.1) is 11.3 Å². The Balaban J connectivity index is 1.77. The third kappa shape index (κ3) is 1.05. The molecular formula is C14H16O2. The van der Waals surface area contributed by atoms with Gasteiger partial charge in [-0.3, -0.25) is 4.79 Å². The number of benzene rings is 1. The van der Waals surface area contributed by atoms with Crippen LogP contribution in [-0.4, -0.2) is 11.1 Å². The summed E-state index contributed by atoms with van der Waals surface area (Å²) >= 11 is 0. The van der Waals surface area contributed by atoms with Crippen LogP contribution in [0.25, 0.3) is 0 Å². The van der Waals surface area contributed by atoms with Crippen LogP contribution in [0.5, 0.6) is 0 Å². The summed E-state index contributed by atoms with van der Waals surface area (Å²) in [5.41, 5.74) is 1.83. The van der Waals surface area contributed by atoms with Gasteiger partial charge < -0.3 is 5.11 Å². The Kier molecular flexibility index (Phi) is 1.78. The van der Waals surface area contributed by atoms with Gasteiger partial charge >= 0.3 is 5.97 Å². The molecule has 3 fully saturated rings. The molecule has 16 heavy (non-hydrogen) atoms. The van der Waals surface area contributed by atoms with E-state index in [4.69, 9.17) is 5.11 Å². The van der Waals surface area contributed by atoms with Gasteiger partial charge in [-0.1, -0.05) is 37.3 Å². The second-order valence-corrected chi connectivity index (χ2v) is 5.60. The van der Waals surface area contributed by atoms with Gasteiger partial charge in [0.1, 0.15) is 0 Å². The first-order valence-electron chi connectivity index (χ1n) is 5.86. The molecule has 1 aromatic rings. The number of aliphatic carboxylic acids is 1. The Hall–Kier alpha value is -1.31. The molecule has 2 heteroatoms. The van der Waals surface area contributed by atoms with E-state index in [1.807, 2.05) is 13.0 Å². The van der Waals surface area contributed by atoms with Gasteiger partial charge in [0.2, 0.25) is 0 Å². The standard InChI is InChI=1S/C14H16O2/c1-10(12(15)16)13-7-14(8-13,9-13)11-5-3-2-4-6-11/h2-6,10H,7-9H2,1H3,(H,15,16)/t10-,13?,14?/m0/s1. The maximum atomic E-state index is 11.0. The van der Waals surface area contributed by atoms with E-state index < -0.39 is 5.97 Å². The minimum Gasteiger partial charge on any atom is -0.481 e. The summed E-state index contributed by atoms with van der Waals surface area (Å²) in [5, 5.41) is 9.06. The number of carboxylic acid groups (broad SMARTS) is 1. The normalized spacial score (nSPS) is 37.1. The average Bonchev–Trinajstić information content (AvgIpc) is 2.15. The lowest BCUT2D eigenvalue weighted by Crippen LogP contribution is -2.68. The fraction of sp³-hybridized carbons (Fsp3) is 0.500. The van der Waals surface area contributed by atoms with Crippen LogP contribution in [0.4, 0.5) is 0 Å². The Morgan fingerprint density at radius 3 is 2.31 bits per heavy atom. The van der Waals surface area contributed by atoms with Crippen LogP contribution in [0.15, 0.2) is 30.3 Å². The first kappa shape index (κ1) is 9.88. The lowest BCUT2D eigenvalue weighted by Gasteiger charge is -2.72. The molecule has 0 heterocycles. The van der Waals surface area contributed by atoms with Crippen molar-refractivity contribution in [2.75, 3.05) is 0 Å². The average molecular weight is 216 g/mol. The molecular weight excluding hydrogens is 200 g/mol. The highest BCUT2D eigenvalue weighted by atomic mass is 16.4. The largest absolute Gasteiger partial charge is 0.481 e. The summed E-state index contributed by atoms with van der Waals surface area (Å²) < 4.78 is 0. The molecule has 0 aromatic heterocycles. The Morgan fingerprint density at radius 1 is 1.25 bits per heavy atom. The molecule has 0 amide bonds. The molecule has 0 unspecified atom stereocenters. The van der Waals surface area contributed by atoms with Crippen molar-refractivity contribution in [1.82, 2.24) is 0 Å². The predicted octanol–water partition coefficient (Wildman–Crippen LogP) is 2.83. The van der Waals surface area contributed by atoms with Crippen molar-refractivity contribution in [3.05, 3.63) is 35.9 Å². The van der Waals surface area contributed by atoms with E-state index in [-0.39, 0.29) is 11.3 Å². The molecule has 2 bridgehead atoms. The minimum absolute atomic E-state index is 0.113. The van der Waals surface area contributed by atoms with E-state index >= 15 is 0 Å². The molecule has 0 saturated heterocycles. The third-order valence-corrected chi connectivity index (χ3v) is 4.75. The van der Waals surface area contributed by atoms with E-state index in [1.165, 1.54) is 5.56 Å². The molecule has 84 valence electrons. The maximum Gasteiger partial charge on any atom is 0.306 e. The van der Waals surface area contributed by atoms with E-state index in [1.54, 1.807) is 0 Å². The number of carbonyl (C=O) groups is 1. The van der Waals surface area contributed by atoms with Gasteiger partial charge in [0.05, 0.1) is 5.92 Å². The van der Waals surface area contributed by atoms with E-state index in [0.717, 1.165) is 19.3 Å². The molecule has 1 N–H and O–H groups in total.